The molecule has 1 aliphatic rings. The SMILES string of the molecule is C=C1CCN([C@H](C)[C@](O)(CN(C)/N=C\N)c2ccc(F)cc2F)CC1. The number of hydrogen-bond donors (Lipinski definition) is 2. The van der Waals surface area contributed by atoms with Crippen LogP contribution in [-0.4, -0.2) is 54.1 Å². The van der Waals surface area contributed by atoms with Gasteiger partial charge in [-0.1, -0.05) is 18.2 Å². The lowest BCUT2D eigenvalue weighted by Gasteiger charge is -2.44. The number of hydrazone groups is 1. The van der Waals surface area contributed by atoms with Crippen LogP contribution in [0.15, 0.2) is 35.5 Å². The van der Waals surface area contributed by atoms with Gasteiger partial charge in [-0.3, -0.25) is 9.91 Å². The number of rotatable bonds is 6. The first kappa shape index (κ1) is 19.3. The standard InChI is InChI=1S/C18H26F2N4O/c1-13-6-8-24(9-7-13)14(2)18(25,11-23(3)22-12-21)16-5-4-15(19)10-17(16)20/h4-5,10,12,14,25H,1,6-9,11H2,2-3H3,(H2,21,22)/t14-,18-/m1/s1. The van der Waals surface area contributed by atoms with E-state index in [0.717, 1.165) is 44.4 Å². The third-order valence-electron chi connectivity index (χ3n) is 4.88. The molecule has 1 aliphatic heterocycles. The van der Waals surface area contributed by atoms with Gasteiger partial charge in [0.2, 0.25) is 0 Å². The van der Waals surface area contributed by atoms with Gasteiger partial charge in [0, 0.05) is 37.8 Å². The van der Waals surface area contributed by atoms with E-state index in [1.54, 1.807) is 7.05 Å². The van der Waals surface area contributed by atoms with E-state index in [2.05, 4.69) is 16.6 Å². The molecular formula is C18H26F2N4O. The molecule has 2 atom stereocenters. The molecule has 0 bridgehead atoms. The molecule has 0 aromatic heterocycles. The maximum Gasteiger partial charge on any atom is 0.132 e. The van der Waals surface area contributed by atoms with Crippen LogP contribution in [0.3, 0.4) is 0 Å². The molecule has 138 valence electrons. The van der Waals surface area contributed by atoms with Crippen molar-refractivity contribution in [3.63, 3.8) is 0 Å². The Bertz CT molecular complexity index is 642. The molecule has 1 aromatic rings. The zero-order valence-electron chi connectivity index (χ0n) is 14.8. The Labute approximate surface area is 147 Å². The molecule has 3 N–H and O–H groups in total. The Balaban J connectivity index is 2.38. The topological polar surface area (TPSA) is 65.1 Å². The minimum Gasteiger partial charge on any atom is -0.388 e. The van der Waals surface area contributed by atoms with Gasteiger partial charge in [-0.25, -0.2) is 8.78 Å². The van der Waals surface area contributed by atoms with E-state index in [1.807, 2.05) is 6.92 Å². The van der Waals surface area contributed by atoms with Gasteiger partial charge in [0.05, 0.1) is 6.54 Å². The second-order valence-electron chi connectivity index (χ2n) is 6.59. The molecule has 0 aliphatic carbocycles. The van der Waals surface area contributed by atoms with Gasteiger partial charge < -0.3 is 10.8 Å². The Morgan fingerprint density at radius 2 is 2.08 bits per heavy atom. The second kappa shape index (κ2) is 7.93. The molecule has 7 heteroatoms. The second-order valence-corrected chi connectivity index (χ2v) is 6.59. The maximum absolute atomic E-state index is 14.5. The average molecular weight is 352 g/mol. The van der Waals surface area contributed by atoms with Crippen LogP contribution in [0.25, 0.3) is 0 Å². The molecule has 0 unspecified atom stereocenters. The quantitative estimate of drug-likeness (QED) is 0.356. The summed E-state index contributed by atoms with van der Waals surface area (Å²) in [6, 6.07) is 2.83. The van der Waals surface area contributed by atoms with Gasteiger partial charge in [-0.05, 0) is 25.8 Å². The van der Waals surface area contributed by atoms with Crippen molar-refractivity contribution in [3.8, 4) is 0 Å². The van der Waals surface area contributed by atoms with Crippen molar-refractivity contribution in [1.29, 1.82) is 0 Å². The normalized spacial score (nSPS) is 19.8. The molecular weight excluding hydrogens is 326 g/mol. The van der Waals surface area contributed by atoms with Crippen LogP contribution in [0, 0.1) is 11.6 Å². The van der Waals surface area contributed by atoms with E-state index in [0.29, 0.717) is 0 Å². The Hall–Kier alpha value is -1.99. The van der Waals surface area contributed by atoms with Crippen LogP contribution in [0.2, 0.25) is 0 Å². The van der Waals surface area contributed by atoms with Gasteiger partial charge in [0.25, 0.3) is 0 Å². The van der Waals surface area contributed by atoms with Crippen LogP contribution >= 0.6 is 0 Å². The average Bonchev–Trinajstić information content (AvgIpc) is 2.54. The Morgan fingerprint density at radius 1 is 1.44 bits per heavy atom. The number of nitrogens with zero attached hydrogens (tertiary/aromatic N) is 3. The van der Waals surface area contributed by atoms with Crippen LogP contribution in [0.5, 0.6) is 0 Å². The number of hydrogen-bond acceptors (Lipinski definition) is 4. The molecule has 0 saturated carbocycles. The Kier molecular flexibility index (Phi) is 6.13. The molecule has 0 amide bonds. The third-order valence-corrected chi connectivity index (χ3v) is 4.88. The number of nitrogens with two attached hydrogens (primary N) is 1. The molecule has 2 rings (SSSR count). The first-order valence-electron chi connectivity index (χ1n) is 8.32. The molecule has 1 heterocycles. The summed E-state index contributed by atoms with van der Waals surface area (Å²) in [7, 11) is 1.64. The summed E-state index contributed by atoms with van der Waals surface area (Å²) in [5.74, 6) is -1.46. The van der Waals surface area contributed by atoms with Crippen molar-refractivity contribution in [2.24, 2.45) is 10.8 Å². The summed E-state index contributed by atoms with van der Waals surface area (Å²) in [5, 5.41) is 16.8. The predicted octanol–water partition coefficient (Wildman–Crippen LogP) is 2.03. The fourth-order valence-corrected chi connectivity index (χ4v) is 3.32. The lowest BCUT2D eigenvalue weighted by molar-refractivity contribution is -0.0685. The van der Waals surface area contributed by atoms with E-state index in [9.17, 15) is 13.9 Å². The molecule has 0 spiro atoms. The van der Waals surface area contributed by atoms with E-state index in [1.165, 1.54) is 16.6 Å². The number of piperidine rings is 1. The first-order chi connectivity index (χ1) is 11.8. The Morgan fingerprint density at radius 3 is 2.64 bits per heavy atom. The van der Waals surface area contributed by atoms with Gasteiger partial charge >= 0.3 is 0 Å². The zero-order chi connectivity index (χ0) is 18.6. The number of aliphatic hydroxyl groups is 1. The summed E-state index contributed by atoms with van der Waals surface area (Å²) < 4.78 is 27.8. The molecule has 1 aromatic carbocycles. The highest BCUT2D eigenvalue weighted by Crippen LogP contribution is 2.33. The van der Waals surface area contributed by atoms with Crippen molar-refractivity contribution < 1.29 is 13.9 Å². The van der Waals surface area contributed by atoms with Crippen molar-refractivity contribution in [3.05, 3.63) is 47.5 Å². The fourth-order valence-electron chi connectivity index (χ4n) is 3.32. The number of likely N-dealkylation sites (N-methyl/N-ethyl adjacent to an activating group) is 1. The van der Waals surface area contributed by atoms with E-state index >= 15 is 0 Å². The van der Waals surface area contributed by atoms with Crippen molar-refractivity contribution >= 4 is 6.34 Å². The number of halogens is 2. The highest BCUT2D eigenvalue weighted by Gasteiger charge is 2.42. The van der Waals surface area contributed by atoms with Crippen LogP contribution in [0.1, 0.15) is 25.3 Å². The van der Waals surface area contributed by atoms with Crippen molar-refractivity contribution in [2.75, 3.05) is 26.7 Å². The van der Waals surface area contributed by atoms with Crippen molar-refractivity contribution in [1.82, 2.24) is 9.91 Å². The summed E-state index contributed by atoms with van der Waals surface area (Å²) in [5.41, 5.74) is 4.94. The third kappa shape index (κ3) is 4.35. The summed E-state index contributed by atoms with van der Waals surface area (Å²) in [6.07, 6.45) is 2.78. The minimum atomic E-state index is -1.59. The zero-order valence-corrected chi connectivity index (χ0v) is 14.8. The minimum absolute atomic E-state index is 0.0157. The monoisotopic (exact) mass is 352 g/mol. The highest BCUT2D eigenvalue weighted by atomic mass is 19.1. The molecule has 1 fully saturated rings. The van der Waals surface area contributed by atoms with Crippen LogP contribution in [-0.2, 0) is 5.60 Å². The highest BCUT2D eigenvalue weighted by molar-refractivity contribution is 5.50. The summed E-state index contributed by atoms with van der Waals surface area (Å²) in [6.45, 7) is 7.31. The largest absolute Gasteiger partial charge is 0.388 e. The van der Waals surface area contributed by atoms with E-state index < -0.39 is 23.3 Å². The predicted molar refractivity (Wildman–Crippen MR) is 95.0 cm³/mol. The molecule has 1 saturated heterocycles. The van der Waals surface area contributed by atoms with Gasteiger partial charge in [0.15, 0.2) is 0 Å². The van der Waals surface area contributed by atoms with Crippen molar-refractivity contribution in [2.45, 2.75) is 31.4 Å². The fraction of sp³-hybridized carbons (Fsp3) is 0.500. The lowest BCUT2D eigenvalue weighted by atomic mass is 9.84. The lowest BCUT2D eigenvalue weighted by Crippen LogP contribution is -2.55. The number of benzene rings is 1. The van der Waals surface area contributed by atoms with E-state index in [4.69, 9.17) is 5.73 Å². The summed E-state index contributed by atoms with van der Waals surface area (Å²) in [4.78, 5) is 2.09. The smallest absolute Gasteiger partial charge is 0.132 e. The molecule has 25 heavy (non-hydrogen) atoms. The molecule has 0 radical (unpaired) electrons. The van der Waals surface area contributed by atoms with Crippen LogP contribution < -0.4 is 5.73 Å². The van der Waals surface area contributed by atoms with Gasteiger partial charge in [-0.15, -0.1) is 0 Å². The number of likely N-dealkylation sites (tertiary alicyclic amines) is 1. The van der Waals surface area contributed by atoms with E-state index in [-0.39, 0.29) is 12.1 Å². The first-order valence-corrected chi connectivity index (χ1v) is 8.32. The van der Waals surface area contributed by atoms with Gasteiger partial charge in [-0.2, -0.15) is 5.10 Å². The van der Waals surface area contributed by atoms with Gasteiger partial charge in [0.1, 0.15) is 23.6 Å². The summed E-state index contributed by atoms with van der Waals surface area (Å²) >= 11 is 0. The molecule has 5 nitrogen and oxygen atoms in total. The maximum atomic E-state index is 14.5. The van der Waals surface area contributed by atoms with Crippen LogP contribution in [0.4, 0.5) is 8.78 Å².